The lowest BCUT2D eigenvalue weighted by molar-refractivity contribution is 0.846. The maximum Gasteiger partial charge on any atom is 0.363 e. The molecule has 0 aliphatic rings. The molecular formula is C10H10N4OS. The summed E-state index contributed by atoms with van der Waals surface area (Å²) in [4.78, 5) is 14.4. The van der Waals surface area contributed by atoms with Crippen molar-refractivity contribution < 1.29 is 0 Å². The molecule has 0 unspecified atom stereocenters. The lowest BCUT2D eigenvalue weighted by Crippen LogP contribution is -2.15. The quantitative estimate of drug-likeness (QED) is 0.775. The fourth-order valence-electron chi connectivity index (χ4n) is 1.17. The number of nitrogen functional groups attached to an aromatic ring is 1. The molecule has 1 aromatic carbocycles. The van der Waals surface area contributed by atoms with Crippen LogP contribution in [0.15, 0.2) is 40.2 Å². The molecule has 1 heterocycles. The molecule has 6 heteroatoms. The van der Waals surface area contributed by atoms with Crippen molar-refractivity contribution in [3.63, 3.8) is 0 Å². The average molecular weight is 234 g/mol. The highest BCUT2D eigenvalue weighted by molar-refractivity contribution is 7.98. The van der Waals surface area contributed by atoms with Crippen molar-refractivity contribution in [2.45, 2.75) is 10.8 Å². The summed E-state index contributed by atoms with van der Waals surface area (Å²) >= 11 is 1.44. The van der Waals surface area contributed by atoms with Gasteiger partial charge in [-0.3, -0.25) is 0 Å². The third kappa shape index (κ3) is 2.60. The zero-order valence-electron chi connectivity index (χ0n) is 8.38. The Bertz CT molecular complexity index is 526. The van der Waals surface area contributed by atoms with E-state index >= 15 is 0 Å². The summed E-state index contributed by atoms with van der Waals surface area (Å²) in [6.07, 6.45) is 0. The molecule has 2 rings (SSSR count). The molecule has 0 aliphatic carbocycles. The first-order valence-electron chi connectivity index (χ1n) is 4.64. The smallest absolute Gasteiger partial charge is 0.363 e. The van der Waals surface area contributed by atoms with Crippen LogP contribution >= 0.6 is 11.8 Å². The second kappa shape index (κ2) is 4.80. The average Bonchev–Trinajstić information content (AvgIpc) is 2.29. The van der Waals surface area contributed by atoms with Crippen LogP contribution in [0, 0.1) is 0 Å². The van der Waals surface area contributed by atoms with Gasteiger partial charge in [-0.1, -0.05) is 42.1 Å². The molecule has 0 bridgehead atoms. The SMILES string of the molecule is Nc1nc(=O)[nH]nc1SCc1ccccc1. The highest BCUT2D eigenvalue weighted by atomic mass is 32.2. The molecule has 0 saturated carbocycles. The number of nitrogens with two attached hydrogens (primary N) is 1. The molecule has 5 nitrogen and oxygen atoms in total. The largest absolute Gasteiger partial charge is 0.381 e. The summed E-state index contributed by atoms with van der Waals surface area (Å²) < 4.78 is 0. The van der Waals surface area contributed by atoms with E-state index in [0.717, 1.165) is 5.75 Å². The van der Waals surface area contributed by atoms with Gasteiger partial charge in [-0.05, 0) is 5.56 Å². The molecule has 0 aliphatic heterocycles. The molecular weight excluding hydrogens is 224 g/mol. The molecule has 0 amide bonds. The third-order valence-corrected chi connectivity index (χ3v) is 2.96. The molecule has 82 valence electrons. The lowest BCUT2D eigenvalue weighted by Gasteiger charge is -2.01. The van der Waals surface area contributed by atoms with Crippen molar-refractivity contribution in [3.05, 3.63) is 46.4 Å². The van der Waals surface area contributed by atoms with E-state index in [2.05, 4.69) is 15.2 Å². The van der Waals surface area contributed by atoms with Crippen LogP contribution in [0.4, 0.5) is 5.82 Å². The normalized spacial score (nSPS) is 10.2. The summed E-state index contributed by atoms with van der Waals surface area (Å²) in [7, 11) is 0. The standard InChI is InChI=1S/C10H10N4OS/c11-8-9(13-14-10(15)12-8)16-6-7-4-2-1-3-5-7/h1-5H,6H2,(H3,11,12,14,15). The predicted molar refractivity (Wildman–Crippen MR) is 63.1 cm³/mol. The minimum atomic E-state index is -0.526. The van der Waals surface area contributed by atoms with E-state index in [-0.39, 0.29) is 5.82 Å². The first-order chi connectivity index (χ1) is 7.75. The van der Waals surface area contributed by atoms with Gasteiger partial charge in [0.25, 0.3) is 0 Å². The predicted octanol–water partition coefficient (Wildman–Crippen LogP) is 1.04. The summed E-state index contributed by atoms with van der Waals surface area (Å²) in [5, 5.41) is 6.64. The first kappa shape index (κ1) is 10.7. The number of benzene rings is 1. The van der Waals surface area contributed by atoms with E-state index in [4.69, 9.17) is 5.73 Å². The number of hydrogen-bond acceptors (Lipinski definition) is 5. The van der Waals surface area contributed by atoms with Crippen molar-refractivity contribution in [2.24, 2.45) is 0 Å². The molecule has 1 aromatic heterocycles. The summed E-state index contributed by atoms with van der Waals surface area (Å²) in [6, 6.07) is 9.93. The topological polar surface area (TPSA) is 84.7 Å². The van der Waals surface area contributed by atoms with Crippen molar-refractivity contribution in [1.29, 1.82) is 0 Å². The number of nitrogens with one attached hydrogen (secondary N) is 1. The van der Waals surface area contributed by atoms with Crippen LogP contribution in [0.3, 0.4) is 0 Å². The number of anilines is 1. The minimum Gasteiger partial charge on any atom is -0.381 e. The van der Waals surface area contributed by atoms with E-state index in [1.165, 1.54) is 17.3 Å². The van der Waals surface area contributed by atoms with Crippen LogP contribution in [0.2, 0.25) is 0 Å². The van der Waals surface area contributed by atoms with Crippen LogP contribution in [-0.4, -0.2) is 15.2 Å². The Morgan fingerprint density at radius 1 is 1.31 bits per heavy atom. The fraction of sp³-hybridized carbons (Fsp3) is 0.100. The molecule has 0 fully saturated rings. The Morgan fingerprint density at radius 2 is 2.06 bits per heavy atom. The van der Waals surface area contributed by atoms with E-state index in [0.29, 0.717) is 5.03 Å². The number of aromatic amines is 1. The van der Waals surface area contributed by atoms with E-state index in [9.17, 15) is 4.79 Å². The fourth-order valence-corrected chi connectivity index (χ4v) is 1.97. The maximum absolute atomic E-state index is 10.8. The first-order valence-corrected chi connectivity index (χ1v) is 5.63. The van der Waals surface area contributed by atoms with Gasteiger partial charge in [0.15, 0.2) is 10.8 Å². The van der Waals surface area contributed by atoms with Crippen LogP contribution in [-0.2, 0) is 5.75 Å². The molecule has 0 saturated heterocycles. The second-order valence-corrected chi connectivity index (χ2v) is 4.07. The molecule has 2 aromatic rings. The highest BCUT2D eigenvalue weighted by Gasteiger charge is 2.04. The second-order valence-electron chi connectivity index (χ2n) is 3.11. The van der Waals surface area contributed by atoms with Crippen molar-refractivity contribution in [1.82, 2.24) is 15.2 Å². The van der Waals surface area contributed by atoms with E-state index < -0.39 is 5.69 Å². The van der Waals surface area contributed by atoms with Gasteiger partial charge in [-0.2, -0.15) is 10.1 Å². The van der Waals surface area contributed by atoms with Gasteiger partial charge in [-0.25, -0.2) is 9.89 Å². The summed E-state index contributed by atoms with van der Waals surface area (Å²) in [6.45, 7) is 0. The molecule has 16 heavy (non-hydrogen) atoms. The Balaban J connectivity index is 2.08. The number of rotatable bonds is 3. The summed E-state index contributed by atoms with van der Waals surface area (Å²) in [5.74, 6) is 0.913. The van der Waals surface area contributed by atoms with Gasteiger partial charge < -0.3 is 5.73 Å². The number of aromatic nitrogens is 3. The van der Waals surface area contributed by atoms with Gasteiger partial charge in [0.05, 0.1) is 0 Å². The van der Waals surface area contributed by atoms with Crippen LogP contribution < -0.4 is 11.4 Å². The number of hydrogen-bond donors (Lipinski definition) is 2. The Kier molecular flexibility index (Phi) is 3.21. The third-order valence-electron chi connectivity index (χ3n) is 1.91. The Hall–Kier alpha value is -1.82. The van der Waals surface area contributed by atoms with Gasteiger partial charge >= 0.3 is 5.69 Å². The van der Waals surface area contributed by atoms with Crippen molar-refractivity contribution in [2.75, 3.05) is 5.73 Å². The Morgan fingerprint density at radius 3 is 2.75 bits per heavy atom. The zero-order chi connectivity index (χ0) is 11.4. The van der Waals surface area contributed by atoms with Gasteiger partial charge in [0.2, 0.25) is 0 Å². The monoisotopic (exact) mass is 234 g/mol. The van der Waals surface area contributed by atoms with Gasteiger partial charge in [-0.15, -0.1) is 0 Å². The van der Waals surface area contributed by atoms with Gasteiger partial charge in [0, 0.05) is 5.75 Å². The Labute approximate surface area is 96.1 Å². The number of nitrogens with zero attached hydrogens (tertiary/aromatic N) is 2. The highest BCUT2D eigenvalue weighted by Crippen LogP contribution is 2.22. The van der Waals surface area contributed by atoms with E-state index in [1.807, 2.05) is 30.3 Å². The van der Waals surface area contributed by atoms with Crippen molar-refractivity contribution >= 4 is 17.6 Å². The number of H-pyrrole nitrogens is 1. The van der Waals surface area contributed by atoms with Crippen molar-refractivity contribution in [3.8, 4) is 0 Å². The minimum absolute atomic E-state index is 0.171. The zero-order valence-corrected chi connectivity index (χ0v) is 9.20. The molecule has 0 atom stereocenters. The van der Waals surface area contributed by atoms with Crippen LogP contribution in [0.25, 0.3) is 0 Å². The maximum atomic E-state index is 10.8. The number of thioether (sulfide) groups is 1. The molecule has 0 radical (unpaired) electrons. The van der Waals surface area contributed by atoms with E-state index in [1.54, 1.807) is 0 Å². The molecule has 3 N–H and O–H groups in total. The lowest BCUT2D eigenvalue weighted by atomic mass is 10.2. The van der Waals surface area contributed by atoms with Crippen LogP contribution in [0.5, 0.6) is 0 Å². The molecule has 0 spiro atoms. The summed E-state index contributed by atoms with van der Waals surface area (Å²) in [5.41, 5.74) is 6.21. The van der Waals surface area contributed by atoms with Gasteiger partial charge in [0.1, 0.15) is 0 Å². The van der Waals surface area contributed by atoms with Crippen LogP contribution in [0.1, 0.15) is 5.56 Å².